The van der Waals surface area contributed by atoms with E-state index in [2.05, 4.69) is 13.8 Å². The van der Waals surface area contributed by atoms with Gasteiger partial charge in [0.1, 0.15) is 0 Å². The van der Waals surface area contributed by atoms with Crippen LogP contribution in [0, 0.1) is 5.92 Å². The third-order valence-electron chi connectivity index (χ3n) is 4.36. The molecule has 0 unspecified atom stereocenters. The second kappa shape index (κ2) is 4.24. The molecule has 0 amide bonds. The van der Waals surface area contributed by atoms with Crippen molar-refractivity contribution in [2.24, 2.45) is 5.92 Å². The molecule has 2 aliphatic heterocycles. The largest absolute Gasteiger partial charge is 0.368 e. The normalized spacial score (nSPS) is 40.1. The fourth-order valence-corrected chi connectivity index (χ4v) is 3.49. The molecule has 0 aromatic rings. The average Bonchev–Trinajstić information content (AvgIpc) is 2.14. The minimum Gasteiger partial charge on any atom is -0.368 e. The van der Waals surface area contributed by atoms with Crippen LogP contribution in [0.25, 0.3) is 0 Å². The number of ether oxygens (including phenoxy) is 1. The molecule has 2 bridgehead atoms. The van der Waals surface area contributed by atoms with E-state index in [9.17, 15) is 4.79 Å². The number of carbonyl (C=O) groups excluding carboxylic acids is 1. The highest BCUT2D eigenvalue weighted by atomic mass is 16.5. The number of hydrogen-bond donors (Lipinski definition) is 0. The lowest BCUT2D eigenvalue weighted by Crippen LogP contribution is -2.56. The van der Waals surface area contributed by atoms with Crippen molar-refractivity contribution < 1.29 is 9.53 Å². The molecule has 0 spiro atoms. The van der Waals surface area contributed by atoms with E-state index in [1.165, 1.54) is 12.8 Å². The van der Waals surface area contributed by atoms with Gasteiger partial charge in [-0.2, -0.15) is 0 Å². The highest BCUT2D eigenvalue weighted by Gasteiger charge is 2.51. The molecule has 0 radical (unpaired) electrons. The fourth-order valence-electron chi connectivity index (χ4n) is 3.49. The maximum Gasteiger partial charge on any atom is 0.158 e. The quantitative estimate of drug-likeness (QED) is 0.699. The van der Waals surface area contributed by atoms with E-state index >= 15 is 0 Å². The van der Waals surface area contributed by atoms with Crippen molar-refractivity contribution in [1.82, 2.24) is 0 Å². The van der Waals surface area contributed by atoms with E-state index < -0.39 is 0 Å². The van der Waals surface area contributed by atoms with Crippen molar-refractivity contribution in [3.63, 3.8) is 0 Å². The molecule has 3 rings (SSSR count). The number of allylic oxidation sites excluding steroid dienone is 2. The molecule has 1 aliphatic carbocycles. The van der Waals surface area contributed by atoms with Gasteiger partial charge in [-0.3, -0.25) is 4.79 Å². The van der Waals surface area contributed by atoms with Crippen molar-refractivity contribution in [3.8, 4) is 0 Å². The number of rotatable bonds is 3. The van der Waals surface area contributed by atoms with Crippen LogP contribution in [0.1, 0.15) is 59.8 Å². The zero-order chi connectivity index (χ0) is 12.7. The summed E-state index contributed by atoms with van der Waals surface area (Å²) < 4.78 is 6.26. The molecule has 3 aliphatic rings. The van der Waals surface area contributed by atoms with Crippen LogP contribution in [0.3, 0.4) is 0 Å². The highest BCUT2D eigenvalue weighted by Crippen LogP contribution is 2.51. The Kier molecular flexibility index (Phi) is 3.19. The summed E-state index contributed by atoms with van der Waals surface area (Å²) in [5, 5.41) is 0. The monoisotopic (exact) mass is 236 g/mol. The van der Waals surface area contributed by atoms with Crippen molar-refractivity contribution >= 4 is 5.78 Å². The Labute approximate surface area is 104 Å². The summed E-state index contributed by atoms with van der Waals surface area (Å²) in [4.78, 5) is 12.0. The average molecular weight is 236 g/mol. The molecule has 2 saturated heterocycles. The van der Waals surface area contributed by atoms with E-state index in [1.54, 1.807) is 6.08 Å². The first kappa shape index (κ1) is 12.8. The van der Waals surface area contributed by atoms with Gasteiger partial charge in [-0.15, -0.1) is 0 Å². The maximum atomic E-state index is 12.0. The van der Waals surface area contributed by atoms with Crippen LogP contribution in [-0.4, -0.2) is 17.0 Å². The van der Waals surface area contributed by atoms with Crippen LogP contribution in [0.4, 0.5) is 0 Å². The van der Waals surface area contributed by atoms with E-state index in [4.69, 9.17) is 4.74 Å². The van der Waals surface area contributed by atoms with E-state index in [0.29, 0.717) is 12.3 Å². The number of hydrogen-bond acceptors (Lipinski definition) is 2. The Morgan fingerprint density at radius 1 is 1.29 bits per heavy atom. The summed E-state index contributed by atoms with van der Waals surface area (Å²) in [6.07, 6.45) is 7.04. The molecule has 2 nitrogen and oxygen atoms in total. The predicted molar refractivity (Wildman–Crippen MR) is 68.9 cm³/mol. The van der Waals surface area contributed by atoms with Gasteiger partial charge >= 0.3 is 0 Å². The minimum atomic E-state index is -0.228. The zero-order valence-corrected chi connectivity index (χ0v) is 11.5. The lowest BCUT2D eigenvalue weighted by atomic mass is 9.67. The molecule has 96 valence electrons. The van der Waals surface area contributed by atoms with Gasteiger partial charge in [0.05, 0.1) is 11.2 Å². The fraction of sp³-hybridized carbons (Fsp3) is 0.800. The Morgan fingerprint density at radius 3 is 2.35 bits per heavy atom. The zero-order valence-electron chi connectivity index (χ0n) is 11.5. The second-order valence-corrected chi connectivity index (χ2v) is 6.50. The Balaban J connectivity index is 2.09. The first-order valence-electron chi connectivity index (χ1n) is 6.71. The third-order valence-corrected chi connectivity index (χ3v) is 4.36. The van der Waals surface area contributed by atoms with Crippen LogP contribution < -0.4 is 0 Å². The summed E-state index contributed by atoms with van der Waals surface area (Å²) in [6, 6.07) is 0. The van der Waals surface area contributed by atoms with Crippen LogP contribution in [0.2, 0.25) is 0 Å². The summed E-state index contributed by atoms with van der Waals surface area (Å²) >= 11 is 0. The molecular weight excluding hydrogens is 212 g/mol. The summed E-state index contributed by atoms with van der Waals surface area (Å²) in [5.41, 5.74) is 0.869. The van der Waals surface area contributed by atoms with Gasteiger partial charge < -0.3 is 4.74 Å². The van der Waals surface area contributed by atoms with E-state index in [-0.39, 0.29) is 17.0 Å². The molecule has 3 fully saturated rings. The summed E-state index contributed by atoms with van der Waals surface area (Å²) in [5.74, 6) is 0.780. The van der Waals surface area contributed by atoms with Gasteiger partial charge in [-0.05, 0) is 65.4 Å². The number of fused-ring (bicyclic) bond motifs is 3. The van der Waals surface area contributed by atoms with E-state index in [0.717, 1.165) is 18.4 Å². The Hall–Kier alpha value is -0.630. The third kappa shape index (κ3) is 2.62. The minimum absolute atomic E-state index is 0.0226. The highest BCUT2D eigenvalue weighted by molar-refractivity contribution is 5.91. The smallest absolute Gasteiger partial charge is 0.158 e. The molecule has 0 aromatic carbocycles. The van der Waals surface area contributed by atoms with Gasteiger partial charge in [0.2, 0.25) is 0 Å². The van der Waals surface area contributed by atoms with Gasteiger partial charge in [0.15, 0.2) is 5.78 Å². The number of ketones is 1. The molecule has 0 aromatic heterocycles. The molecular formula is C15H24O2. The van der Waals surface area contributed by atoms with Crippen molar-refractivity contribution in [2.45, 2.75) is 71.0 Å². The van der Waals surface area contributed by atoms with Crippen molar-refractivity contribution in [1.29, 1.82) is 0 Å². The first-order valence-corrected chi connectivity index (χ1v) is 6.71. The van der Waals surface area contributed by atoms with Crippen molar-refractivity contribution in [2.75, 3.05) is 0 Å². The maximum absolute atomic E-state index is 12.0. The molecule has 0 N–H and O–H groups in total. The van der Waals surface area contributed by atoms with Gasteiger partial charge in [0.25, 0.3) is 0 Å². The van der Waals surface area contributed by atoms with Crippen molar-refractivity contribution in [3.05, 3.63) is 11.6 Å². The van der Waals surface area contributed by atoms with Crippen LogP contribution in [0.5, 0.6) is 0 Å². The topological polar surface area (TPSA) is 26.3 Å². The van der Waals surface area contributed by atoms with Crippen LogP contribution >= 0.6 is 0 Å². The van der Waals surface area contributed by atoms with Crippen LogP contribution in [0.15, 0.2) is 11.6 Å². The summed E-state index contributed by atoms with van der Waals surface area (Å²) in [7, 11) is 0. The second-order valence-electron chi connectivity index (χ2n) is 6.50. The predicted octanol–water partition coefficient (Wildman–Crippen LogP) is 3.65. The van der Waals surface area contributed by atoms with Crippen LogP contribution in [-0.2, 0) is 9.53 Å². The standard InChI is InChI=1S/C15H24O2/c1-11(2)9-13(16)10-15(4)12-5-7-14(3,17-15)8-6-12/h9,12H,5-8,10H2,1-4H3/t12?,14?,15-/m1/s1. The molecule has 1 saturated carbocycles. The van der Waals surface area contributed by atoms with E-state index in [1.807, 2.05) is 13.8 Å². The van der Waals surface area contributed by atoms with Gasteiger partial charge in [0, 0.05) is 6.42 Å². The Bertz CT molecular complexity index is 344. The summed E-state index contributed by atoms with van der Waals surface area (Å²) in [6.45, 7) is 8.27. The molecule has 2 heteroatoms. The first-order chi connectivity index (χ1) is 7.83. The lowest BCUT2D eigenvalue weighted by Gasteiger charge is -2.55. The van der Waals surface area contributed by atoms with Gasteiger partial charge in [-0.1, -0.05) is 5.57 Å². The SMILES string of the molecule is CC(C)=CC(=O)C[C@@]1(C)OC2(C)CCC1CC2. The molecule has 1 atom stereocenters. The molecule has 17 heavy (non-hydrogen) atoms. The lowest BCUT2D eigenvalue weighted by molar-refractivity contribution is -0.238. The van der Waals surface area contributed by atoms with Gasteiger partial charge in [-0.25, -0.2) is 0 Å². The molecule has 2 heterocycles. The number of carbonyl (C=O) groups is 1. The Morgan fingerprint density at radius 2 is 1.88 bits per heavy atom.